The van der Waals surface area contributed by atoms with E-state index in [1.165, 1.54) is 5.69 Å². The fourth-order valence-corrected chi connectivity index (χ4v) is 6.76. The van der Waals surface area contributed by atoms with Crippen LogP contribution in [0.15, 0.2) is 53.3 Å². The molecule has 0 aromatic heterocycles. The predicted molar refractivity (Wildman–Crippen MR) is 185 cm³/mol. The van der Waals surface area contributed by atoms with Crippen molar-refractivity contribution in [2.24, 2.45) is 5.41 Å². The van der Waals surface area contributed by atoms with Crippen LogP contribution in [0.25, 0.3) is 6.08 Å². The number of rotatable bonds is 13. The summed E-state index contributed by atoms with van der Waals surface area (Å²) in [6.07, 6.45) is 8.51. The summed E-state index contributed by atoms with van der Waals surface area (Å²) in [7, 11) is -1.96. The van der Waals surface area contributed by atoms with Crippen LogP contribution in [-0.4, -0.2) is 56.3 Å². The summed E-state index contributed by atoms with van der Waals surface area (Å²) >= 11 is 0. The van der Waals surface area contributed by atoms with Crippen molar-refractivity contribution in [2.45, 2.75) is 104 Å². The van der Waals surface area contributed by atoms with E-state index in [-0.39, 0.29) is 15.5 Å². The SMILES string of the molecule is COC1=C(/C=C/c2ccc(N(CCO[Si](C)(C)C(C)(C)C)CCO[Si](C)(C)C(C)(C)C)cc2)CC(C)(C)C/C1=C/C=O. The summed E-state index contributed by atoms with van der Waals surface area (Å²) in [4.78, 5) is 13.6. The number of hydrogen-bond donors (Lipinski definition) is 0. The third kappa shape index (κ3) is 10.1. The van der Waals surface area contributed by atoms with Gasteiger partial charge in [0.1, 0.15) is 12.0 Å². The van der Waals surface area contributed by atoms with Gasteiger partial charge in [-0.25, -0.2) is 0 Å². The van der Waals surface area contributed by atoms with Crippen molar-refractivity contribution in [1.82, 2.24) is 0 Å². The fourth-order valence-electron chi connectivity index (χ4n) is 4.69. The van der Waals surface area contributed by atoms with E-state index in [2.05, 4.69) is 123 Å². The molecule has 0 aliphatic heterocycles. The van der Waals surface area contributed by atoms with Gasteiger partial charge in [-0.05, 0) is 89.4 Å². The Bertz CT molecular complexity index is 1100. The third-order valence-electron chi connectivity index (χ3n) is 9.39. The molecule has 0 saturated heterocycles. The molecule has 1 aromatic rings. The van der Waals surface area contributed by atoms with Gasteiger partial charge in [0, 0.05) is 18.8 Å². The first-order valence-corrected chi connectivity index (χ1v) is 21.3. The number of ether oxygens (including phenoxy) is 1. The van der Waals surface area contributed by atoms with Crippen molar-refractivity contribution in [1.29, 1.82) is 0 Å². The van der Waals surface area contributed by atoms with Gasteiger partial charge >= 0.3 is 0 Å². The molecular weight excluding hydrogens is 555 g/mol. The molecule has 0 spiro atoms. The second kappa shape index (κ2) is 14.2. The van der Waals surface area contributed by atoms with Gasteiger partial charge in [-0.2, -0.15) is 0 Å². The number of hydrogen-bond acceptors (Lipinski definition) is 5. The fraction of sp³-hybridized carbons (Fsp3) is 0.629. The molecule has 0 bridgehead atoms. The van der Waals surface area contributed by atoms with Gasteiger partial charge < -0.3 is 18.5 Å². The highest BCUT2D eigenvalue weighted by Crippen LogP contribution is 2.42. The summed E-state index contributed by atoms with van der Waals surface area (Å²) in [6.45, 7) is 30.5. The van der Waals surface area contributed by atoms with E-state index in [1.54, 1.807) is 13.2 Å². The molecule has 1 aliphatic carbocycles. The van der Waals surface area contributed by atoms with Crippen molar-refractivity contribution in [3.8, 4) is 0 Å². The van der Waals surface area contributed by atoms with Crippen LogP contribution < -0.4 is 4.90 Å². The first-order valence-electron chi connectivity index (χ1n) is 15.5. The minimum absolute atomic E-state index is 0.0693. The smallest absolute Gasteiger partial charge is 0.192 e. The number of aldehydes is 1. The maximum Gasteiger partial charge on any atom is 0.192 e. The zero-order valence-electron chi connectivity index (χ0n) is 28.9. The van der Waals surface area contributed by atoms with Crippen molar-refractivity contribution < 1.29 is 18.4 Å². The average Bonchev–Trinajstić information content (AvgIpc) is 2.85. The molecule has 0 atom stereocenters. The molecular formula is C35H59NO4Si2. The predicted octanol–water partition coefficient (Wildman–Crippen LogP) is 9.40. The van der Waals surface area contributed by atoms with Crippen molar-refractivity contribution >= 4 is 34.7 Å². The van der Waals surface area contributed by atoms with Crippen LogP contribution in [0.1, 0.15) is 73.8 Å². The molecule has 0 fully saturated rings. The van der Waals surface area contributed by atoms with E-state index < -0.39 is 16.6 Å². The topological polar surface area (TPSA) is 48.0 Å². The average molecular weight is 614 g/mol. The lowest BCUT2D eigenvalue weighted by atomic mass is 9.74. The first-order chi connectivity index (χ1) is 19.2. The second-order valence-corrected chi connectivity index (χ2v) is 25.2. The largest absolute Gasteiger partial charge is 0.496 e. The summed E-state index contributed by atoms with van der Waals surface area (Å²) in [6, 6.07) is 8.75. The maximum absolute atomic E-state index is 11.2. The Labute approximate surface area is 259 Å². The number of methoxy groups -OCH3 is 1. The Morgan fingerprint density at radius 1 is 0.833 bits per heavy atom. The molecule has 0 saturated carbocycles. The Hall–Kier alpha value is -1.94. The van der Waals surface area contributed by atoms with Crippen LogP contribution in [-0.2, 0) is 18.4 Å². The molecule has 1 aliphatic rings. The highest BCUT2D eigenvalue weighted by molar-refractivity contribution is 6.74. The summed E-state index contributed by atoms with van der Waals surface area (Å²) in [5.74, 6) is 0.823. The number of allylic oxidation sites excluding steroid dienone is 4. The lowest BCUT2D eigenvalue weighted by molar-refractivity contribution is -0.104. The lowest BCUT2D eigenvalue weighted by Gasteiger charge is -2.38. The number of benzene rings is 1. The van der Waals surface area contributed by atoms with Gasteiger partial charge in [0.25, 0.3) is 0 Å². The summed E-state index contributed by atoms with van der Waals surface area (Å²) in [5, 5.41) is 0.374. The minimum atomic E-state index is -1.82. The lowest BCUT2D eigenvalue weighted by Crippen LogP contribution is -2.44. The van der Waals surface area contributed by atoms with Crippen molar-refractivity contribution in [3.05, 3.63) is 58.9 Å². The molecule has 7 heteroatoms. The van der Waals surface area contributed by atoms with E-state index in [9.17, 15) is 4.79 Å². The van der Waals surface area contributed by atoms with E-state index in [0.29, 0.717) is 13.2 Å². The number of carbonyl (C=O) groups is 1. The molecule has 0 heterocycles. The van der Waals surface area contributed by atoms with E-state index in [0.717, 1.165) is 54.7 Å². The zero-order valence-corrected chi connectivity index (χ0v) is 30.9. The second-order valence-electron chi connectivity index (χ2n) is 15.5. The minimum Gasteiger partial charge on any atom is -0.496 e. The number of carbonyl (C=O) groups excluding carboxylic acids is 1. The van der Waals surface area contributed by atoms with Gasteiger partial charge in [0.15, 0.2) is 16.6 Å². The first kappa shape index (κ1) is 36.3. The van der Waals surface area contributed by atoms with Crippen LogP contribution >= 0.6 is 0 Å². The quantitative estimate of drug-likeness (QED) is 0.126. The number of anilines is 1. The zero-order chi connectivity index (χ0) is 32.0. The normalized spacial score (nSPS) is 17.7. The highest BCUT2D eigenvalue weighted by atomic mass is 28.4. The molecule has 0 amide bonds. The molecule has 42 heavy (non-hydrogen) atoms. The summed E-state index contributed by atoms with van der Waals surface area (Å²) < 4.78 is 18.8. The van der Waals surface area contributed by atoms with E-state index in [1.807, 2.05) is 0 Å². The maximum atomic E-state index is 11.2. The highest BCUT2D eigenvalue weighted by Gasteiger charge is 2.38. The molecule has 0 N–H and O–H groups in total. The van der Waals surface area contributed by atoms with Crippen molar-refractivity contribution in [3.63, 3.8) is 0 Å². The number of nitrogens with zero attached hydrogens (tertiary/aromatic N) is 1. The van der Waals surface area contributed by atoms with Gasteiger partial charge in [-0.1, -0.05) is 79.7 Å². The molecule has 0 unspecified atom stereocenters. The Morgan fingerprint density at radius 2 is 1.33 bits per heavy atom. The Morgan fingerprint density at radius 3 is 1.76 bits per heavy atom. The third-order valence-corrected chi connectivity index (χ3v) is 18.5. The monoisotopic (exact) mass is 613 g/mol. The van der Waals surface area contributed by atoms with Gasteiger partial charge in [-0.15, -0.1) is 0 Å². The standard InChI is InChI=1S/C35H59NO4Si2/c1-33(2,3)41(10,11)39-24-21-36(22-25-40-42(12,13)34(4,5)6)31-18-15-28(16-19-31)14-17-29-26-35(7,8)27-30(20-23-37)32(29)38-9/h14-20,23H,21-22,24-27H2,1-13H3/b17-14+,30-20-. The van der Waals surface area contributed by atoms with Crippen molar-refractivity contribution in [2.75, 3.05) is 38.3 Å². The van der Waals surface area contributed by atoms with E-state index >= 15 is 0 Å². The molecule has 5 nitrogen and oxygen atoms in total. The van der Waals surface area contributed by atoms with Gasteiger partial charge in [-0.3, -0.25) is 4.79 Å². The van der Waals surface area contributed by atoms with Gasteiger partial charge in [0.2, 0.25) is 0 Å². The van der Waals surface area contributed by atoms with Gasteiger partial charge in [0.05, 0.1) is 20.3 Å². The van der Waals surface area contributed by atoms with Crippen LogP contribution in [0.3, 0.4) is 0 Å². The van der Waals surface area contributed by atoms with Crippen LogP contribution in [0, 0.1) is 5.41 Å². The van der Waals surface area contributed by atoms with Crippen LogP contribution in [0.4, 0.5) is 5.69 Å². The molecule has 1 aromatic carbocycles. The molecule has 236 valence electrons. The summed E-state index contributed by atoms with van der Waals surface area (Å²) in [5.41, 5.74) is 4.46. The Kier molecular flexibility index (Phi) is 12.3. The van der Waals surface area contributed by atoms with E-state index in [4.69, 9.17) is 13.6 Å². The van der Waals surface area contributed by atoms with Crippen LogP contribution in [0.2, 0.25) is 36.3 Å². The van der Waals surface area contributed by atoms with Crippen LogP contribution in [0.5, 0.6) is 0 Å². The molecule has 2 rings (SSSR count). The Balaban J connectivity index is 2.25. The molecule has 0 radical (unpaired) electrons.